The van der Waals surface area contributed by atoms with Crippen molar-refractivity contribution in [2.75, 3.05) is 25.4 Å². The Morgan fingerprint density at radius 1 is 1.24 bits per heavy atom. The molecule has 3 unspecified atom stereocenters. The lowest BCUT2D eigenvalue weighted by molar-refractivity contribution is -0.783. The first-order valence-corrected chi connectivity index (χ1v) is 20.7. The van der Waals surface area contributed by atoms with Gasteiger partial charge in [-0.3, -0.25) is 4.79 Å². The maximum absolute atomic E-state index is 17.1. The van der Waals surface area contributed by atoms with E-state index in [0.717, 1.165) is 0 Å². The quantitative estimate of drug-likeness (QED) is 0.0550. The van der Waals surface area contributed by atoms with Crippen LogP contribution < -0.4 is 5.32 Å². The smallest absolute Gasteiger partial charge is 0.449 e. The maximum atomic E-state index is 17.1. The molecule has 6 rings (SSSR count). The number of hydrogen-bond acceptors (Lipinski definition) is 8. The van der Waals surface area contributed by atoms with Crippen molar-refractivity contribution in [3.05, 3.63) is 63.1 Å². The number of amides is 2. The topological polar surface area (TPSA) is 123 Å². The minimum Gasteiger partial charge on any atom is -0.449 e. The van der Waals surface area contributed by atoms with Crippen LogP contribution in [-0.4, -0.2) is 69.1 Å². The second kappa shape index (κ2) is 14.3. The number of fused-ring (bicyclic) bond motifs is 4. The highest BCUT2D eigenvalue weighted by Gasteiger charge is 2.77. The third kappa shape index (κ3) is 6.90. The number of carbonyl (C=O) groups is 3. The second-order valence-electron chi connectivity index (χ2n) is 13.9. The second-order valence-corrected chi connectivity index (χ2v) is 17.2. The molecular formula is C36H36Cl2FIN5O5S+. The summed E-state index contributed by atoms with van der Waals surface area (Å²) in [6.07, 6.45) is -0.612. The number of alkyl carbamates (subject to hydrolysis) is 1. The van der Waals surface area contributed by atoms with Crippen molar-refractivity contribution in [1.82, 2.24) is 14.9 Å². The molecule has 2 saturated heterocycles. The third-order valence-corrected chi connectivity index (χ3v) is 11.9. The highest BCUT2D eigenvalue weighted by molar-refractivity contribution is 14.2. The van der Waals surface area contributed by atoms with Crippen LogP contribution in [0.5, 0.6) is 0 Å². The number of ketones is 1. The molecule has 10 nitrogen and oxygen atoms in total. The number of pyridine rings is 1. The van der Waals surface area contributed by atoms with Gasteiger partial charge in [-0.1, -0.05) is 44.3 Å². The number of aromatic nitrogens is 2. The monoisotopic (exact) mass is 866 g/mol. The average molecular weight is 868 g/mol. The van der Waals surface area contributed by atoms with E-state index < -0.39 is 23.6 Å². The number of aryl methyl sites for hydroxylation is 1. The first-order chi connectivity index (χ1) is 24.1. The van der Waals surface area contributed by atoms with Gasteiger partial charge in [-0.15, -0.1) is 0 Å². The number of carbonyl (C=O) groups excluding carboxylic acids is 3. The molecule has 0 spiro atoms. The molecule has 4 atom stereocenters. The van der Waals surface area contributed by atoms with E-state index in [1.54, 1.807) is 24.3 Å². The van der Waals surface area contributed by atoms with Gasteiger partial charge in [-0.25, -0.2) is 18.7 Å². The van der Waals surface area contributed by atoms with Crippen LogP contribution in [-0.2, 0) is 15.9 Å². The zero-order valence-electron chi connectivity index (χ0n) is 28.6. The van der Waals surface area contributed by atoms with Crippen LogP contribution in [0.1, 0.15) is 74.9 Å². The largest absolute Gasteiger partial charge is 0.517 e. The lowest BCUT2D eigenvalue weighted by Crippen LogP contribution is -2.54. The Labute approximate surface area is 321 Å². The SMILES string of the molecule is CC(=O)c1nc2c(F)c(-c3cccc(Cl)c3Cl)c(CCC#N)cc2c2c1cc(C(C)NC(=O)OCCSI)n2C1C[N+]2(C(=O)OC(C)(C)C)C[C@H]12. The summed E-state index contributed by atoms with van der Waals surface area (Å²) in [6.45, 7) is 9.84. The zero-order valence-corrected chi connectivity index (χ0v) is 33.1. The summed E-state index contributed by atoms with van der Waals surface area (Å²) in [5.41, 5.74) is 1.53. The van der Waals surface area contributed by atoms with E-state index in [9.17, 15) is 19.6 Å². The highest BCUT2D eigenvalue weighted by Crippen LogP contribution is 2.54. The van der Waals surface area contributed by atoms with E-state index >= 15 is 4.39 Å². The molecule has 0 aliphatic carbocycles. The fourth-order valence-corrected chi connectivity index (χ4v) is 8.18. The number of hydrogen-bond donors (Lipinski definition) is 1. The Morgan fingerprint density at radius 3 is 2.63 bits per heavy atom. The first-order valence-electron chi connectivity index (χ1n) is 16.4. The van der Waals surface area contributed by atoms with E-state index in [-0.39, 0.29) is 74.7 Å². The van der Waals surface area contributed by atoms with Crippen LogP contribution >= 0.6 is 53.3 Å². The Morgan fingerprint density at radius 2 is 1.98 bits per heavy atom. The molecule has 2 aliphatic heterocycles. The number of nitriles is 1. The molecule has 4 aromatic rings. The lowest BCUT2D eigenvalue weighted by Gasteiger charge is -2.36. The number of rotatable bonds is 10. The van der Waals surface area contributed by atoms with E-state index in [0.29, 0.717) is 52.0 Å². The van der Waals surface area contributed by atoms with Crippen LogP contribution in [0.15, 0.2) is 30.3 Å². The molecule has 2 aromatic carbocycles. The molecular weight excluding hydrogens is 831 g/mol. The van der Waals surface area contributed by atoms with E-state index in [1.807, 2.05) is 38.3 Å². The molecule has 0 bridgehead atoms. The van der Waals surface area contributed by atoms with Crippen molar-refractivity contribution in [1.29, 1.82) is 5.26 Å². The van der Waals surface area contributed by atoms with Gasteiger partial charge in [0.15, 0.2) is 17.6 Å². The zero-order chi connectivity index (χ0) is 37.0. The van der Waals surface area contributed by atoms with Crippen LogP contribution in [0.2, 0.25) is 10.0 Å². The Hall–Kier alpha value is -3.16. The summed E-state index contributed by atoms with van der Waals surface area (Å²) in [6, 6.07) is 9.68. The van der Waals surface area contributed by atoms with Crippen molar-refractivity contribution in [3.63, 3.8) is 0 Å². The summed E-state index contributed by atoms with van der Waals surface area (Å²) in [4.78, 5) is 44.1. The number of quaternary nitrogens is 1. The van der Waals surface area contributed by atoms with Gasteiger partial charge >= 0.3 is 12.2 Å². The fraction of sp³-hybridized carbons (Fsp3) is 0.417. The summed E-state index contributed by atoms with van der Waals surface area (Å²) in [7, 11) is 1.52. The first kappa shape index (κ1) is 37.6. The molecule has 51 heavy (non-hydrogen) atoms. The van der Waals surface area contributed by atoms with Crippen molar-refractivity contribution in [3.8, 4) is 17.2 Å². The van der Waals surface area contributed by atoms with Crippen molar-refractivity contribution in [2.45, 2.75) is 71.2 Å². The van der Waals surface area contributed by atoms with Crippen LogP contribution in [0.25, 0.3) is 32.9 Å². The molecule has 4 heterocycles. The van der Waals surface area contributed by atoms with E-state index in [4.69, 9.17) is 32.7 Å². The predicted molar refractivity (Wildman–Crippen MR) is 205 cm³/mol. The van der Waals surface area contributed by atoms with Crippen molar-refractivity contribution >= 4 is 93.1 Å². The number of halogens is 4. The molecule has 2 aromatic heterocycles. The van der Waals surface area contributed by atoms with Gasteiger partial charge in [0, 0.05) is 46.7 Å². The van der Waals surface area contributed by atoms with Crippen molar-refractivity contribution in [2.24, 2.45) is 0 Å². The van der Waals surface area contributed by atoms with Crippen LogP contribution in [0, 0.1) is 17.1 Å². The normalized spacial score (nSPS) is 19.9. The van der Waals surface area contributed by atoms with Gasteiger partial charge in [0.05, 0.1) is 27.7 Å². The predicted octanol–water partition coefficient (Wildman–Crippen LogP) is 9.52. The standard InChI is InChI=1S/C36H35Cl2FIN5O5S/c1-18(42-34(47)49-12-13-51-40)25-15-23-31(19(2)46)43-32-22(33(23)44(25)26-16-45(17-27(26)45)35(48)50-36(3,4)5)14-20(8-7-11-41)28(30(32)39)21-9-6-10-24(37)29(21)38/h6,9-10,14-15,18,26-27H,7-8,12-13,16-17H2,1-5H3/p+1/t18?,26?,27-,45?/m1/s1. The Kier molecular flexibility index (Phi) is 10.6. The van der Waals surface area contributed by atoms with Crippen LogP contribution in [0.4, 0.5) is 14.0 Å². The maximum Gasteiger partial charge on any atom is 0.517 e. The molecule has 0 saturated carbocycles. The minimum absolute atomic E-state index is 0.0512. The van der Waals surface area contributed by atoms with Gasteiger partial charge in [-0.2, -0.15) is 10.1 Å². The number of Topliss-reactive ketones (excluding diaryl/α,β-unsaturated/α-hetero) is 1. The van der Waals surface area contributed by atoms with Gasteiger partial charge < -0.3 is 19.4 Å². The van der Waals surface area contributed by atoms with Gasteiger partial charge in [0.25, 0.3) is 0 Å². The Balaban J connectivity index is 1.60. The fourth-order valence-electron chi connectivity index (χ4n) is 7.10. The van der Waals surface area contributed by atoms with E-state index in [1.165, 1.54) is 15.9 Å². The molecule has 2 amide bonds. The number of ether oxygens (including phenoxy) is 2. The lowest BCUT2D eigenvalue weighted by atomic mass is 9.92. The summed E-state index contributed by atoms with van der Waals surface area (Å²) in [5.74, 6) is -0.458. The van der Waals surface area contributed by atoms with Gasteiger partial charge in [-0.05, 0) is 79.1 Å². The summed E-state index contributed by atoms with van der Waals surface area (Å²) < 4.78 is 30.5. The molecule has 1 N–H and O–H groups in total. The van der Waals surface area contributed by atoms with Gasteiger partial charge in [0.2, 0.25) is 0 Å². The van der Waals surface area contributed by atoms with Crippen LogP contribution in [0.3, 0.4) is 0 Å². The van der Waals surface area contributed by atoms with Gasteiger partial charge in [0.1, 0.15) is 42.5 Å². The third-order valence-electron chi connectivity index (χ3n) is 9.41. The molecule has 15 heteroatoms. The molecule has 2 aliphatic rings. The highest BCUT2D eigenvalue weighted by atomic mass is 127. The van der Waals surface area contributed by atoms with Crippen molar-refractivity contribution < 1.29 is 32.7 Å². The average Bonchev–Trinajstić information content (AvgIpc) is 3.46. The molecule has 268 valence electrons. The summed E-state index contributed by atoms with van der Waals surface area (Å²) in [5, 5.41) is 13.7. The minimum atomic E-state index is -0.704. The number of benzene rings is 2. The molecule has 2 fully saturated rings. The number of nitrogens with one attached hydrogen (secondary N) is 1. The van der Waals surface area contributed by atoms with E-state index in [2.05, 4.69) is 37.6 Å². The number of nitrogens with zero attached hydrogens (tertiary/aromatic N) is 4. The molecule has 0 radical (unpaired) electrons. The Bertz CT molecular complexity index is 2150. The summed E-state index contributed by atoms with van der Waals surface area (Å²) >= 11 is 15.1.